The Bertz CT molecular complexity index is 404. The molecule has 1 unspecified atom stereocenters. The van der Waals surface area contributed by atoms with Gasteiger partial charge >= 0.3 is 0 Å². The molecule has 106 valence electrons. The second-order valence-corrected chi connectivity index (χ2v) is 5.13. The van der Waals surface area contributed by atoms with Gasteiger partial charge in [-0.25, -0.2) is 4.98 Å². The third-order valence-corrected chi connectivity index (χ3v) is 3.66. The van der Waals surface area contributed by atoms with E-state index in [1.165, 1.54) is 19.3 Å². The highest BCUT2D eigenvalue weighted by Crippen LogP contribution is 2.20. The zero-order chi connectivity index (χ0) is 13.7. The largest absolute Gasteiger partial charge is 0.378 e. The van der Waals surface area contributed by atoms with Gasteiger partial charge in [-0.05, 0) is 32.1 Å². The molecule has 0 amide bonds. The van der Waals surface area contributed by atoms with Gasteiger partial charge in [0.05, 0.1) is 6.10 Å². The van der Waals surface area contributed by atoms with Gasteiger partial charge in [0.2, 0.25) is 5.95 Å². The van der Waals surface area contributed by atoms with E-state index < -0.39 is 0 Å². The molecule has 1 fully saturated rings. The molecule has 1 aliphatic rings. The Labute approximate surface area is 115 Å². The standard InChI is InChI=1S/C14H24N4O/c1-3-11-10-16-14(15)17-13(11)18(2)8-7-12-6-4-5-9-19-12/h10,12H,3-9H2,1-2H3,(H2,15,16,17). The smallest absolute Gasteiger partial charge is 0.221 e. The van der Waals surface area contributed by atoms with Crippen LogP contribution in [0.2, 0.25) is 0 Å². The third-order valence-electron chi connectivity index (χ3n) is 3.66. The van der Waals surface area contributed by atoms with Crippen LogP contribution in [0, 0.1) is 0 Å². The molecule has 1 aromatic rings. The summed E-state index contributed by atoms with van der Waals surface area (Å²) in [6.45, 7) is 3.96. The monoisotopic (exact) mass is 264 g/mol. The maximum atomic E-state index is 5.76. The first-order valence-corrected chi connectivity index (χ1v) is 7.14. The molecular formula is C14H24N4O. The van der Waals surface area contributed by atoms with E-state index in [2.05, 4.69) is 28.8 Å². The van der Waals surface area contributed by atoms with Crippen LogP contribution < -0.4 is 10.6 Å². The number of aryl methyl sites for hydroxylation is 1. The van der Waals surface area contributed by atoms with Crippen LogP contribution in [-0.2, 0) is 11.2 Å². The number of anilines is 2. The van der Waals surface area contributed by atoms with Crippen LogP contribution in [0.1, 0.15) is 38.2 Å². The highest BCUT2D eigenvalue weighted by molar-refractivity contribution is 5.47. The molecule has 5 nitrogen and oxygen atoms in total. The first-order valence-electron chi connectivity index (χ1n) is 7.14. The van der Waals surface area contributed by atoms with E-state index in [-0.39, 0.29) is 0 Å². The Hall–Kier alpha value is -1.36. The summed E-state index contributed by atoms with van der Waals surface area (Å²) in [6.07, 6.45) is 7.86. The van der Waals surface area contributed by atoms with Gasteiger partial charge < -0.3 is 15.4 Å². The molecule has 2 N–H and O–H groups in total. The molecule has 0 radical (unpaired) electrons. The van der Waals surface area contributed by atoms with Crippen LogP contribution in [0.25, 0.3) is 0 Å². The lowest BCUT2D eigenvalue weighted by molar-refractivity contribution is 0.0126. The number of nitrogens with two attached hydrogens (primary N) is 1. The van der Waals surface area contributed by atoms with Crippen LogP contribution in [0.4, 0.5) is 11.8 Å². The summed E-state index contributed by atoms with van der Waals surface area (Å²) in [5.41, 5.74) is 6.83. The zero-order valence-corrected chi connectivity index (χ0v) is 11.9. The van der Waals surface area contributed by atoms with E-state index in [1.807, 2.05) is 6.20 Å². The average molecular weight is 264 g/mol. The van der Waals surface area contributed by atoms with Gasteiger partial charge in [-0.15, -0.1) is 0 Å². The van der Waals surface area contributed by atoms with E-state index in [0.29, 0.717) is 12.1 Å². The summed E-state index contributed by atoms with van der Waals surface area (Å²) in [4.78, 5) is 10.6. The lowest BCUT2D eigenvalue weighted by Gasteiger charge is -2.26. The molecule has 1 atom stereocenters. The summed E-state index contributed by atoms with van der Waals surface area (Å²) < 4.78 is 5.76. The highest BCUT2D eigenvalue weighted by Gasteiger charge is 2.16. The van der Waals surface area contributed by atoms with Crippen molar-refractivity contribution in [1.82, 2.24) is 9.97 Å². The molecule has 1 saturated heterocycles. The quantitative estimate of drug-likeness (QED) is 0.881. The molecule has 0 spiro atoms. The highest BCUT2D eigenvalue weighted by atomic mass is 16.5. The number of nitrogens with zero attached hydrogens (tertiary/aromatic N) is 3. The Morgan fingerprint density at radius 2 is 2.32 bits per heavy atom. The first kappa shape index (κ1) is 14.1. The molecule has 2 heterocycles. The van der Waals surface area contributed by atoms with E-state index >= 15 is 0 Å². The summed E-state index contributed by atoms with van der Waals surface area (Å²) >= 11 is 0. The van der Waals surface area contributed by atoms with Gasteiger partial charge in [0.25, 0.3) is 0 Å². The maximum absolute atomic E-state index is 5.76. The second kappa shape index (κ2) is 6.70. The molecular weight excluding hydrogens is 240 g/mol. The van der Waals surface area contributed by atoms with E-state index in [1.54, 1.807) is 0 Å². The van der Waals surface area contributed by atoms with Crippen LogP contribution >= 0.6 is 0 Å². The number of aromatic nitrogens is 2. The normalized spacial score (nSPS) is 19.4. The van der Waals surface area contributed by atoms with Gasteiger partial charge in [-0.1, -0.05) is 6.92 Å². The Balaban J connectivity index is 1.94. The minimum absolute atomic E-state index is 0.341. The van der Waals surface area contributed by atoms with Crippen molar-refractivity contribution in [3.8, 4) is 0 Å². The topological polar surface area (TPSA) is 64.3 Å². The third kappa shape index (κ3) is 3.80. The van der Waals surface area contributed by atoms with Crippen molar-refractivity contribution < 1.29 is 4.74 Å². The van der Waals surface area contributed by atoms with Gasteiger partial charge in [0, 0.05) is 32.0 Å². The van der Waals surface area contributed by atoms with Crippen molar-refractivity contribution in [2.45, 2.75) is 45.1 Å². The van der Waals surface area contributed by atoms with Gasteiger partial charge in [-0.3, -0.25) is 0 Å². The number of hydrogen-bond acceptors (Lipinski definition) is 5. The van der Waals surface area contributed by atoms with E-state index in [0.717, 1.165) is 37.4 Å². The summed E-state index contributed by atoms with van der Waals surface area (Å²) in [5.74, 6) is 1.29. The van der Waals surface area contributed by atoms with Crippen molar-refractivity contribution in [3.63, 3.8) is 0 Å². The Morgan fingerprint density at radius 3 is 3.00 bits per heavy atom. The average Bonchev–Trinajstić information content (AvgIpc) is 2.46. The summed E-state index contributed by atoms with van der Waals surface area (Å²) in [6, 6.07) is 0. The number of nitrogen functional groups attached to an aromatic ring is 1. The Kier molecular flexibility index (Phi) is 4.96. The number of ether oxygens (including phenoxy) is 1. The van der Waals surface area contributed by atoms with Crippen molar-refractivity contribution >= 4 is 11.8 Å². The molecule has 5 heteroatoms. The summed E-state index contributed by atoms with van der Waals surface area (Å²) in [7, 11) is 2.06. The van der Waals surface area contributed by atoms with Gasteiger partial charge in [0.15, 0.2) is 0 Å². The zero-order valence-electron chi connectivity index (χ0n) is 11.9. The van der Waals surface area contributed by atoms with Gasteiger partial charge in [0.1, 0.15) is 5.82 Å². The molecule has 0 saturated carbocycles. The second-order valence-electron chi connectivity index (χ2n) is 5.13. The maximum Gasteiger partial charge on any atom is 0.221 e. The first-order chi connectivity index (χ1) is 9.20. The van der Waals surface area contributed by atoms with Crippen molar-refractivity contribution in [2.24, 2.45) is 0 Å². The molecule has 2 rings (SSSR count). The Morgan fingerprint density at radius 1 is 1.47 bits per heavy atom. The minimum atomic E-state index is 0.341. The van der Waals surface area contributed by atoms with Crippen molar-refractivity contribution in [1.29, 1.82) is 0 Å². The van der Waals surface area contributed by atoms with E-state index in [4.69, 9.17) is 10.5 Å². The predicted octanol–water partition coefficient (Wildman–Crippen LogP) is 2.02. The minimum Gasteiger partial charge on any atom is -0.378 e. The molecule has 1 aromatic heterocycles. The van der Waals surface area contributed by atoms with Crippen LogP contribution in [0.5, 0.6) is 0 Å². The molecule has 19 heavy (non-hydrogen) atoms. The van der Waals surface area contributed by atoms with Crippen molar-refractivity contribution in [2.75, 3.05) is 30.8 Å². The molecule has 1 aliphatic heterocycles. The van der Waals surface area contributed by atoms with E-state index in [9.17, 15) is 0 Å². The fourth-order valence-corrected chi connectivity index (χ4v) is 2.47. The number of hydrogen-bond donors (Lipinski definition) is 1. The molecule has 0 bridgehead atoms. The fraction of sp³-hybridized carbons (Fsp3) is 0.714. The van der Waals surface area contributed by atoms with Gasteiger partial charge in [-0.2, -0.15) is 4.98 Å². The van der Waals surface area contributed by atoms with Crippen LogP contribution in [-0.4, -0.2) is 36.3 Å². The predicted molar refractivity (Wildman–Crippen MR) is 77.3 cm³/mol. The molecule has 0 aliphatic carbocycles. The number of rotatable bonds is 5. The van der Waals surface area contributed by atoms with Crippen LogP contribution in [0.3, 0.4) is 0 Å². The SMILES string of the molecule is CCc1cnc(N)nc1N(C)CCC1CCCCO1. The molecule has 0 aromatic carbocycles. The lowest BCUT2D eigenvalue weighted by Crippen LogP contribution is -2.28. The van der Waals surface area contributed by atoms with Crippen LogP contribution in [0.15, 0.2) is 6.20 Å². The van der Waals surface area contributed by atoms with Crippen molar-refractivity contribution in [3.05, 3.63) is 11.8 Å². The summed E-state index contributed by atoms with van der Waals surface area (Å²) in [5, 5.41) is 0. The lowest BCUT2D eigenvalue weighted by atomic mass is 10.1. The fourth-order valence-electron chi connectivity index (χ4n) is 2.47.